The maximum atomic E-state index is 12.4. The van der Waals surface area contributed by atoms with Gasteiger partial charge in [0.05, 0.1) is 26.4 Å². The standard InChI is InChI=1S/C32H38O7S/c1-4-30(33)38-23-8-6-5-7-21-36-28-16-18-29(19-17-28)40-31(34)20-13-26-11-14-27(15-12-26)37-22-9-10-24-39-32(35)25(2)3/h4,11-20H,1-2,5-10,21-24H2,3H3/b20-13+. The highest BCUT2D eigenvalue weighted by Crippen LogP contribution is 2.23. The summed E-state index contributed by atoms with van der Waals surface area (Å²) in [6, 6.07) is 15.0. The molecule has 8 heteroatoms. The van der Waals surface area contributed by atoms with Gasteiger partial charge in [-0.1, -0.05) is 31.4 Å². The zero-order chi connectivity index (χ0) is 29.0. The van der Waals surface area contributed by atoms with E-state index in [-0.39, 0.29) is 17.1 Å². The van der Waals surface area contributed by atoms with Gasteiger partial charge in [0.15, 0.2) is 0 Å². The summed E-state index contributed by atoms with van der Waals surface area (Å²) in [4.78, 5) is 35.5. The highest BCUT2D eigenvalue weighted by Gasteiger charge is 2.04. The molecule has 0 aliphatic rings. The van der Waals surface area contributed by atoms with E-state index in [1.165, 1.54) is 6.08 Å². The molecule has 0 saturated heterocycles. The highest BCUT2D eigenvalue weighted by molar-refractivity contribution is 8.14. The van der Waals surface area contributed by atoms with Crippen molar-refractivity contribution in [3.8, 4) is 11.5 Å². The molecule has 0 aliphatic carbocycles. The summed E-state index contributed by atoms with van der Waals surface area (Å²) < 4.78 is 21.5. The smallest absolute Gasteiger partial charge is 0.333 e. The molecule has 0 heterocycles. The zero-order valence-corrected chi connectivity index (χ0v) is 23.9. The lowest BCUT2D eigenvalue weighted by Gasteiger charge is -2.07. The first kappa shape index (κ1) is 32.4. The Kier molecular flexibility index (Phi) is 15.7. The van der Waals surface area contributed by atoms with Gasteiger partial charge in [-0.25, -0.2) is 9.59 Å². The zero-order valence-electron chi connectivity index (χ0n) is 23.1. The van der Waals surface area contributed by atoms with Crippen LogP contribution in [-0.2, 0) is 23.9 Å². The van der Waals surface area contributed by atoms with Crippen molar-refractivity contribution in [2.24, 2.45) is 0 Å². The molecule has 0 saturated carbocycles. The maximum absolute atomic E-state index is 12.4. The first-order chi connectivity index (χ1) is 19.4. The third-order valence-electron chi connectivity index (χ3n) is 5.44. The number of ether oxygens (including phenoxy) is 4. The van der Waals surface area contributed by atoms with Crippen LogP contribution in [0.1, 0.15) is 51.0 Å². The first-order valence-corrected chi connectivity index (χ1v) is 14.2. The number of hydrogen-bond donors (Lipinski definition) is 0. The quantitative estimate of drug-likeness (QED) is 0.0780. The molecule has 7 nitrogen and oxygen atoms in total. The summed E-state index contributed by atoms with van der Waals surface area (Å²) >= 11 is 1.15. The van der Waals surface area contributed by atoms with Crippen LogP contribution in [-0.4, -0.2) is 43.5 Å². The van der Waals surface area contributed by atoms with Crippen molar-refractivity contribution in [2.45, 2.75) is 50.3 Å². The van der Waals surface area contributed by atoms with E-state index in [0.29, 0.717) is 38.4 Å². The third kappa shape index (κ3) is 14.4. The molecule has 0 radical (unpaired) electrons. The first-order valence-electron chi connectivity index (χ1n) is 13.3. The number of carbonyl (C=O) groups is 3. The Morgan fingerprint density at radius 2 is 1.27 bits per heavy atom. The highest BCUT2D eigenvalue weighted by atomic mass is 32.2. The fourth-order valence-corrected chi connectivity index (χ4v) is 3.90. The molecule has 214 valence electrons. The fourth-order valence-electron chi connectivity index (χ4n) is 3.26. The summed E-state index contributed by atoms with van der Waals surface area (Å²) in [6.07, 6.45) is 9.68. The molecule has 0 fully saturated rings. The molecule has 0 bridgehead atoms. The number of esters is 2. The van der Waals surface area contributed by atoms with Crippen molar-refractivity contribution in [3.05, 3.63) is 85.0 Å². The average Bonchev–Trinajstić information content (AvgIpc) is 2.96. The molecule has 0 amide bonds. The second-order valence-electron chi connectivity index (χ2n) is 8.90. The van der Waals surface area contributed by atoms with Crippen LogP contribution in [0.4, 0.5) is 0 Å². The Bertz CT molecular complexity index is 1120. The molecular weight excluding hydrogens is 528 g/mol. The molecule has 0 aromatic heterocycles. The Morgan fingerprint density at radius 3 is 1.88 bits per heavy atom. The van der Waals surface area contributed by atoms with Crippen LogP contribution in [0.15, 0.2) is 84.3 Å². The van der Waals surface area contributed by atoms with Gasteiger partial charge >= 0.3 is 11.9 Å². The monoisotopic (exact) mass is 566 g/mol. The van der Waals surface area contributed by atoms with Crippen molar-refractivity contribution >= 4 is 34.9 Å². The van der Waals surface area contributed by atoms with Crippen molar-refractivity contribution in [2.75, 3.05) is 26.4 Å². The van der Waals surface area contributed by atoms with Crippen LogP contribution in [0.25, 0.3) is 6.08 Å². The minimum absolute atomic E-state index is 0.0693. The number of benzene rings is 2. The fraction of sp³-hybridized carbons (Fsp3) is 0.344. The van der Waals surface area contributed by atoms with E-state index in [0.717, 1.165) is 65.8 Å². The van der Waals surface area contributed by atoms with Crippen LogP contribution in [0.3, 0.4) is 0 Å². The summed E-state index contributed by atoms with van der Waals surface area (Å²) in [5.41, 5.74) is 1.29. The van der Waals surface area contributed by atoms with Gasteiger partial charge in [0, 0.05) is 16.5 Å². The van der Waals surface area contributed by atoms with Crippen molar-refractivity contribution in [1.82, 2.24) is 0 Å². The predicted molar refractivity (Wildman–Crippen MR) is 158 cm³/mol. The minimum Gasteiger partial charge on any atom is -0.494 e. The summed E-state index contributed by atoms with van der Waals surface area (Å²) in [7, 11) is 0. The summed E-state index contributed by atoms with van der Waals surface area (Å²) in [5, 5.41) is -0.0693. The predicted octanol–water partition coefficient (Wildman–Crippen LogP) is 6.97. The van der Waals surface area contributed by atoms with Gasteiger partial charge in [0.25, 0.3) is 0 Å². The van der Waals surface area contributed by atoms with Gasteiger partial charge in [-0.3, -0.25) is 4.79 Å². The minimum atomic E-state index is -0.384. The van der Waals surface area contributed by atoms with Crippen LogP contribution >= 0.6 is 11.8 Å². The van der Waals surface area contributed by atoms with Gasteiger partial charge in [-0.05, 0) is 105 Å². The average molecular weight is 567 g/mol. The van der Waals surface area contributed by atoms with Gasteiger partial charge in [0.2, 0.25) is 5.12 Å². The van der Waals surface area contributed by atoms with Crippen LogP contribution in [0.2, 0.25) is 0 Å². The number of unbranched alkanes of at least 4 members (excludes halogenated alkanes) is 4. The normalized spacial score (nSPS) is 10.6. The third-order valence-corrected chi connectivity index (χ3v) is 6.29. The molecule has 0 unspecified atom stereocenters. The Morgan fingerprint density at radius 1 is 0.750 bits per heavy atom. The largest absolute Gasteiger partial charge is 0.494 e. The van der Waals surface area contributed by atoms with Gasteiger partial charge in [-0.2, -0.15) is 0 Å². The number of rotatable bonds is 19. The van der Waals surface area contributed by atoms with Crippen LogP contribution < -0.4 is 9.47 Å². The summed E-state index contributed by atoms with van der Waals surface area (Å²) in [5.74, 6) is 0.753. The van der Waals surface area contributed by atoms with Crippen molar-refractivity contribution in [3.63, 3.8) is 0 Å². The van der Waals surface area contributed by atoms with Gasteiger partial charge < -0.3 is 18.9 Å². The van der Waals surface area contributed by atoms with Gasteiger partial charge in [0.1, 0.15) is 11.5 Å². The van der Waals surface area contributed by atoms with Crippen LogP contribution in [0.5, 0.6) is 11.5 Å². The van der Waals surface area contributed by atoms with E-state index in [2.05, 4.69) is 13.2 Å². The lowest BCUT2D eigenvalue weighted by Crippen LogP contribution is -2.07. The Labute approximate surface area is 241 Å². The van der Waals surface area contributed by atoms with E-state index in [4.69, 9.17) is 18.9 Å². The molecule has 2 aromatic rings. The molecule has 2 rings (SSSR count). The Hall–Kier alpha value is -3.78. The molecule has 0 atom stereocenters. The van der Waals surface area contributed by atoms with E-state index >= 15 is 0 Å². The molecule has 40 heavy (non-hydrogen) atoms. The van der Waals surface area contributed by atoms with E-state index in [1.54, 1.807) is 19.1 Å². The number of thioether (sulfide) groups is 1. The maximum Gasteiger partial charge on any atom is 0.333 e. The van der Waals surface area contributed by atoms with E-state index in [1.807, 2.05) is 48.5 Å². The molecule has 2 aromatic carbocycles. The van der Waals surface area contributed by atoms with Crippen molar-refractivity contribution < 1.29 is 33.3 Å². The lowest BCUT2D eigenvalue weighted by atomic mass is 10.2. The molecule has 0 spiro atoms. The number of hydrogen-bond acceptors (Lipinski definition) is 8. The molecule has 0 aliphatic heterocycles. The van der Waals surface area contributed by atoms with Crippen LogP contribution in [0, 0.1) is 0 Å². The number of carbonyl (C=O) groups excluding carboxylic acids is 3. The molecular formula is C32H38O7S. The second-order valence-corrected chi connectivity index (χ2v) is 9.98. The van der Waals surface area contributed by atoms with E-state index in [9.17, 15) is 14.4 Å². The lowest BCUT2D eigenvalue weighted by molar-refractivity contribution is -0.139. The molecule has 0 N–H and O–H groups in total. The van der Waals surface area contributed by atoms with Gasteiger partial charge in [-0.15, -0.1) is 0 Å². The SMILES string of the molecule is C=CC(=O)OCCCCCCOc1ccc(SC(=O)/C=C/c2ccc(OCCCCOC(=O)C(=C)C)cc2)cc1. The topological polar surface area (TPSA) is 88.1 Å². The second kappa shape index (κ2) is 19.3. The van der Waals surface area contributed by atoms with E-state index < -0.39 is 0 Å². The van der Waals surface area contributed by atoms with Crippen molar-refractivity contribution in [1.29, 1.82) is 0 Å². The Balaban J connectivity index is 1.60. The summed E-state index contributed by atoms with van der Waals surface area (Å²) in [6.45, 7) is 10.4.